The van der Waals surface area contributed by atoms with E-state index in [0.29, 0.717) is 0 Å². The summed E-state index contributed by atoms with van der Waals surface area (Å²) in [5, 5.41) is 2.08. The second-order valence-electron chi connectivity index (χ2n) is 13.4. The van der Waals surface area contributed by atoms with E-state index in [1.54, 1.807) is 11.3 Å². The van der Waals surface area contributed by atoms with Gasteiger partial charge in [-0.1, -0.05) is 60.2 Å². The molecular weight excluding hydrogens is 643 g/mol. The molecule has 3 aromatic carbocycles. The van der Waals surface area contributed by atoms with Gasteiger partial charge in [0.15, 0.2) is 11.7 Å². The SMILES string of the molecule is Cc1ccc(/C2=c3\cc/c([nH]3)=C(\c3ccccc3)c3ccc([nH]3)[C+](c3ccc(C)cc3)c3ccc([nH]3)-c3[s+]c4cccc[n+]4c4cc2[nH]c34)cc1. The van der Waals surface area contributed by atoms with E-state index in [-0.39, 0.29) is 0 Å². The van der Waals surface area contributed by atoms with Crippen molar-refractivity contribution in [3.05, 3.63) is 213 Å². The maximum Gasteiger partial charge on any atom is 0.466 e. The molecule has 6 heteroatoms. The number of nitrogens with one attached hydrogen (secondary N) is 4. The van der Waals surface area contributed by atoms with Gasteiger partial charge in [0.25, 0.3) is 4.88 Å². The van der Waals surface area contributed by atoms with E-state index in [2.05, 4.69) is 184 Å². The molecule has 5 nitrogen and oxygen atoms in total. The Kier molecular flexibility index (Phi) is 6.73. The van der Waals surface area contributed by atoms with Crippen LogP contribution in [0.2, 0.25) is 0 Å². The number of hydrogen-bond donors (Lipinski definition) is 4. The van der Waals surface area contributed by atoms with Gasteiger partial charge in [-0.05, 0) is 66.9 Å². The number of aromatic amines is 4. The molecule has 0 radical (unpaired) electrons. The Morgan fingerprint density at radius 1 is 0.529 bits per heavy atom. The minimum Gasteiger partial charge on any atom is -0.354 e. The molecule has 0 saturated carbocycles. The summed E-state index contributed by atoms with van der Waals surface area (Å²) >= 11 is 1.78. The summed E-state index contributed by atoms with van der Waals surface area (Å²) < 4.78 is 2.29. The summed E-state index contributed by atoms with van der Waals surface area (Å²) in [4.78, 5) is 17.9. The van der Waals surface area contributed by atoms with Crippen LogP contribution >= 0.6 is 11.3 Å². The van der Waals surface area contributed by atoms with E-state index in [1.165, 1.54) is 11.1 Å². The molecule has 0 aliphatic carbocycles. The van der Waals surface area contributed by atoms with Gasteiger partial charge in [-0.25, -0.2) is 0 Å². The molecule has 6 aromatic heterocycles. The molecule has 51 heavy (non-hydrogen) atoms. The number of pyridine rings is 1. The van der Waals surface area contributed by atoms with Gasteiger partial charge >= 0.3 is 16.2 Å². The normalized spacial score (nSPS) is 14.9. The molecule has 7 heterocycles. The Bertz CT molecular complexity index is 2870. The lowest BCUT2D eigenvalue weighted by Gasteiger charge is -2.10. The number of aromatic nitrogens is 5. The van der Waals surface area contributed by atoms with Crippen molar-refractivity contribution >= 4 is 38.3 Å². The van der Waals surface area contributed by atoms with Gasteiger partial charge in [0, 0.05) is 64.3 Å². The van der Waals surface area contributed by atoms with Crippen LogP contribution in [-0.2, 0) is 0 Å². The van der Waals surface area contributed by atoms with Crippen LogP contribution in [0.5, 0.6) is 0 Å². The zero-order chi connectivity index (χ0) is 34.1. The van der Waals surface area contributed by atoms with E-state index in [1.807, 2.05) is 0 Å². The van der Waals surface area contributed by atoms with Gasteiger partial charge < -0.3 is 19.9 Å². The molecule has 242 valence electrons. The fraction of sp³-hybridized carbons (Fsp3) is 0.0444. The molecule has 8 bridgehead atoms. The third-order valence-electron chi connectivity index (χ3n) is 9.97. The number of benzene rings is 3. The van der Waals surface area contributed by atoms with Crippen LogP contribution in [-0.4, -0.2) is 19.9 Å². The van der Waals surface area contributed by atoms with Crippen LogP contribution in [0.1, 0.15) is 50.6 Å². The minimum atomic E-state index is 1.04. The van der Waals surface area contributed by atoms with E-state index in [0.717, 1.165) is 93.7 Å². The summed E-state index contributed by atoms with van der Waals surface area (Å²) in [6.45, 7) is 4.27. The third-order valence-corrected chi connectivity index (χ3v) is 11.1. The number of aryl methyl sites for hydroxylation is 2. The first-order valence-electron chi connectivity index (χ1n) is 17.3. The van der Waals surface area contributed by atoms with Crippen LogP contribution in [0.3, 0.4) is 0 Å². The van der Waals surface area contributed by atoms with Gasteiger partial charge in [-0.15, -0.1) is 4.40 Å². The zero-order valence-electron chi connectivity index (χ0n) is 28.2. The van der Waals surface area contributed by atoms with Crippen LogP contribution < -0.4 is 15.1 Å². The van der Waals surface area contributed by atoms with Crippen molar-refractivity contribution in [1.82, 2.24) is 19.9 Å². The highest BCUT2D eigenvalue weighted by Gasteiger charge is 2.33. The average molecular weight is 677 g/mol. The fourth-order valence-electron chi connectivity index (χ4n) is 7.46. The fourth-order valence-corrected chi connectivity index (χ4v) is 8.56. The first kappa shape index (κ1) is 29.5. The Labute approximate surface area is 299 Å². The van der Waals surface area contributed by atoms with Crippen molar-refractivity contribution in [2.75, 3.05) is 0 Å². The van der Waals surface area contributed by atoms with E-state index in [9.17, 15) is 0 Å². The maximum atomic E-state index is 3.93. The summed E-state index contributed by atoms with van der Waals surface area (Å²) in [5.74, 6) is 1.12. The molecule has 4 N–H and O–H groups in total. The van der Waals surface area contributed by atoms with Crippen molar-refractivity contribution in [2.45, 2.75) is 13.8 Å². The lowest BCUT2D eigenvalue weighted by molar-refractivity contribution is -0.478. The zero-order valence-corrected chi connectivity index (χ0v) is 29.0. The smallest absolute Gasteiger partial charge is 0.354 e. The first-order chi connectivity index (χ1) is 25.1. The average Bonchev–Trinajstić information content (AvgIpc) is 3.99. The topological polar surface area (TPSA) is 67.3 Å². The van der Waals surface area contributed by atoms with Gasteiger partial charge in [0.1, 0.15) is 23.0 Å². The molecular formula is C45H34N5S+3. The van der Waals surface area contributed by atoms with Crippen molar-refractivity contribution in [3.8, 4) is 10.6 Å². The molecule has 10 rings (SSSR count). The maximum absolute atomic E-state index is 3.93. The lowest BCUT2D eigenvalue weighted by atomic mass is 9.92. The van der Waals surface area contributed by atoms with Crippen LogP contribution in [0, 0.1) is 19.8 Å². The standard InChI is InChI=1S/C45H33N5S/c1-27-11-15-30(16-12-27)42-34-20-19-32(46-34)41(29-8-4-3-5-9-29)33-21-22-36(47-33)43(31-17-13-28(2)14-18-31)38-26-39-44(49-38)45(37-24-23-35(42)48-37)51-40-10-6-7-25-50(39)40/h3-26H,1-2H3,(H3,46,47,48,49)/q+2/p+1. The number of hydrogen-bond acceptors (Lipinski definition) is 0. The summed E-state index contributed by atoms with van der Waals surface area (Å²) in [6.07, 6.45) is 2.16. The minimum absolute atomic E-state index is 1.04. The van der Waals surface area contributed by atoms with Gasteiger partial charge in [0.2, 0.25) is 5.52 Å². The summed E-state index contributed by atoms with van der Waals surface area (Å²) in [6, 6.07) is 50.3. The Morgan fingerprint density at radius 2 is 1.16 bits per heavy atom. The molecule has 0 spiro atoms. The highest BCUT2D eigenvalue weighted by molar-refractivity contribution is 7.20. The predicted octanol–water partition coefficient (Wildman–Crippen LogP) is 8.34. The van der Waals surface area contributed by atoms with Crippen molar-refractivity contribution in [2.24, 2.45) is 0 Å². The van der Waals surface area contributed by atoms with Gasteiger partial charge in [0.05, 0.1) is 23.0 Å². The van der Waals surface area contributed by atoms with Crippen LogP contribution in [0.15, 0.2) is 146 Å². The second kappa shape index (κ2) is 11.6. The van der Waals surface area contributed by atoms with Crippen LogP contribution in [0.25, 0.3) is 37.6 Å². The highest BCUT2D eigenvalue weighted by Crippen LogP contribution is 2.38. The van der Waals surface area contributed by atoms with E-state index >= 15 is 0 Å². The molecule has 9 aromatic rings. The molecule has 0 atom stereocenters. The number of rotatable bonds is 3. The molecule has 0 unspecified atom stereocenters. The number of nitrogens with zero attached hydrogens (tertiary/aromatic N) is 1. The number of fused-ring (bicyclic) bond motifs is 10. The largest absolute Gasteiger partial charge is 0.466 e. The second-order valence-corrected chi connectivity index (χ2v) is 14.4. The van der Waals surface area contributed by atoms with Crippen LogP contribution in [0.4, 0.5) is 0 Å². The Hall–Kier alpha value is -6.37. The molecule has 0 fully saturated rings. The summed E-state index contributed by atoms with van der Waals surface area (Å²) in [5.41, 5.74) is 15.6. The van der Waals surface area contributed by atoms with Gasteiger partial charge in [-0.3, -0.25) is 0 Å². The van der Waals surface area contributed by atoms with Gasteiger partial charge in [-0.2, -0.15) is 0 Å². The summed E-state index contributed by atoms with van der Waals surface area (Å²) in [7, 11) is 0. The monoisotopic (exact) mass is 676 g/mol. The molecule has 1 aliphatic rings. The molecule has 0 amide bonds. The predicted molar refractivity (Wildman–Crippen MR) is 207 cm³/mol. The Morgan fingerprint density at radius 3 is 1.90 bits per heavy atom. The lowest BCUT2D eigenvalue weighted by Crippen LogP contribution is -2.20. The van der Waals surface area contributed by atoms with Crippen molar-refractivity contribution in [3.63, 3.8) is 0 Å². The van der Waals surface area contributed by atoms with Crippen molar-refractivity contribution in [1.29, 1.82) is 0 Å². The molecule has 0 saturated heterocycles. The third kappa shape index (κ3) is 4.95. The highest BCUT2D eigenvalue weighted by atomic mass is 32.1. The molecule has 1 aliphatic heterocycles. The van der Waals surface area contributed by atoms with Crippen molar-refractivity contribution < 1.29 is 4.40 Å². The first-order valence-corrected chi connectivity index (χ1v) is 18.1. The van der Waals surface area contributed by atoms with E-state index in [4.69, 9.17) is 0 Å². The number of H-pyrrole nitrogens is 4. The quantitative estimate of drug-likeness (QED) is 0.0826. The Balaban J connectivity index is 1.36. The van der Waals surface area contributed by atoms with E-state index < -0.39 is 0 Å².